The van der Waals surface area contributed by atoms with E-state index in [0.29, 0.717) is 5.56 Å². The molecule has 0 radical (unpaired) electrons. The van der Waals surface area contributed by atoms with Gasteiger partial charge in [0.1, 0.15) is -1.13 Å². The first kappa shape index (κ1) is 19.1. The van der Waals surface area contributed by atoms with Crippen LogP contribution in [0.1, 0.15) is 27.0 Å². The topological polar surface area (TPSA) is 37.3 Å². The summed E-state index contributed by atoms with van der Waals surface area (Å²) in [4.78, 5) is 11.4. The monoisotopic (exact) mass is 919 g/mol. The smallest absolute Gasteiger partial charge is 0.336 e. The highest BCUT2D eigenvalue weighted by molar-refractivity contribution is 14.3. The maximum absolute atomic E-state index is 11.4. The summed E-state index contributed by atoms with van der Waals surface area (Å²) in [5.41, 5.74) is 3.24. The van der Waals surface area contributed by atoms with Crippen molar-refractivity contribution in [2.45, 2.75) is 5.79 Å². The minimum absolute atomic E-state index is 0.0704. The molecule has 0 aliphatic rings. The van der Waals surface area contributed by atoms with Crippen LogP contribution in [-0.4, -0.2) is 11.1 Å². The Bertz CT molecular complexity index is 486. The summed E-state index contributed by atoms with van der Waals surface area (Å²) in [5, 5.41) is 9.39. The molecule has 0 heterocycles. The second-order valence-corrected chi connectivity index (χ2v) is 25.6. The number of aryl methyl sites for hydroxylation is 1. The Balaban J connectivity index is 3.64. The first-order valence-electron chi connectivity index (χ1n) is 4.47. The zero-order chi connectivity index (χ0) is 14.3. The summed E-state index contributed by atoms with van der Waals surface area (Å²) in [6.07, 6.45) is 0. The molecular formula is C10H6I6O2. The van der Waals surface area contributed by atoms with E-state index in [1.54, 1.807) is 0 Å². The molecule has 0 atom stereocenters. The summed E-state index contributed by atoms with van der Waals surface area (Å²) in [6, 6.07) is 3.97. The van der Waals surface area contributed by atoms with Gasteiger partial charge in [0.05, 0.1) is 5.56 Å². The Kier molecular flexibility index (Phi) is 7.54. The predicted molar refractivity (Wildman–Crippen MR) is 126 cm³/mol. The van der Waals surface area contributed by atoms with E-state index in [1.807, 2.05) is 19.1 Å². The highest BCUT2D eigenvalue weighted by Gasteiger charge is 2.31. The van der Waals surface area contributed by atoms with Gasteiger partial charge in [0.25, 0.3) is 0 Å². The standard InChI is InChI=1S/C10H6I6O2/c1-4-2-5(9(11,12)13)3-6(10(14,15)16)7(4)8(17)18/h2-3H,1H3,(H,17,18). The number of rotatable bonds is 3. The lowest BCUT2D eigenvalue weighted by Crippen LogP contribution is -2.13. The van der Waals surface area contributed by atoms with Gasteiger partial charge in [-0.1, -0.05) is 6.07 Å². The summed E-state index contributed by atoms with van der Waals surface area (Å²) < 4.78 is -0.337. The maximum Gasteiger partial charge on any atom is 0.336 e. The SMILES string of the molecule is Cc1cc(C(I)(I)I)cc(C(I)(I)I)c1C(=O)O. The van der Waals surface area contributed by atoms with Crippen LogP contribution < -0.4 is 0 Å². The van der Waals surface area contributed by atoms with Gasteiger partial charge in [0.15, 0.2) is 0 Å². The minimum Gasteiger partial charge on any atom is -0.478 e. The zero-order valence-corrected chi connectivity index (χ0v) is 21.7. The van der Waals surface area contributed by atoms with Crippen molar-refractivity contribution in [3.8, 4) is 0 Å². The van der Waals surface area contributed by atoms with E-state index in [1.165, 1.54) is 0 Å². The molecule has 0 saturated carbocycles. The van der Waals surface area contributed by atoms with Gasteiger partial charge in [-0.3, -0.25) is 0 Å². The number of hydrogen-bond donors (Lipinski definition) is 1. The molecule has 0 fully saturated rings. The summed E-state index contributed by atoms with van der Waals surface area (Å²) in [5.74, 6) is -0.857. The highest BCUT2D eigenvalue weighted by Crippen LogP contribution is 2.52. The Morgan fingerprint density at radius 2 is 1.56 bits per heavy atom. The van der Waals surface area contributed by atoms with E-state index in [2.05, 4.69) is 136 Å². The lowest BCUT2D eigenvalue weighted by molar-refractivity contribution is 0.0695. The van der Waals surface area contributed by atoms with Gasteiger partial charge in [-0.2, -0.15) is 0 Å². The summed E-state index contributed by atoms with van der Waals surface area (Å²) in [6.45, 7) is 1.86. The Labute approximate surface area is 187 Å². The lowest BCUT2D eigenvalue weighted by atomic mass is 10.00. The van der Waals surface area contributed by atoms with E-state index < -0.39 is 5.97 Å². The quantitative estimate of drug-likeness (QED) is 0.277. The number of halogens is 6. The van der Waals surface area contributed by atoms with Crippen LogP contribution in [0.3, 0.4) is 0 Å². The number of benzene rings is 1. The molecule has 0 aromatic heterocycles. The second kappa shape index (κ2) is 7.10. The van der Waals surface area contributed by atoms with E-state index in [9.17, 15) is 9.90 Å². The molecule has 18 heavy (non-hydrogen) atoms. The van der Waals surface area contributed by atoms with Crippen LogP contribution in [0.2, 0.25) is 0 Å². The molecule has 8 heteroatoms. The third kappa shape index (κ3) is 5.06. The lowest BCUT2D eigenvalue weighted by Gasteiger charge is -2.22. The van der Waals surface area contributed by atoms with Gasteiger partial charge >= 0.3 is 5.97 Å². The van der Waals surface area contributed by atoms with E-state index in [-0.39, 0.29) is -1.13 Å². The van der Waals surface area contributed by atoms with Crippen LogP contribution in [0.25, 0.3) is 0 Å². The average Bonchev–Trinajstić information content (AvgIpc) is 2.12. The van der Waals surface area contributed by atoms with Gasteiger partial charge in [0, 0.05) is 5.56 Å². The van der Waals surface area contributed by atoms with Crippen molar-refractivity contribution in [2.75, 3.05) is 0 Å². The van der Waals surface area contributed by atoms with Crippen molar-refractivity contribution in [1.29, 1.82) is 0 Å². The number of carboxylic acid groups (broad SMARTS) is 1. The molecule has 1 aromatic rings. The fourth-order valence-corrected chi connectivity index (χ4v) is 3.67. The molecule has 0 saturated heterocycles. The molecule has 0 amide bonds. The van der Waals surface area contributed by atoms with Crippen molar-refractivity contribution < 1.29 is 9.90 Å². The molecule has 0 bridgehead atoms. The van der Waals surface area contributed by atoms with Crippen molar-refractivity contribution in [3.63, 3.8) is 0 Å². The number of aromatic carboxylic acids is 1. The molecule has 2 nitrogen and oxygen atoms in total. The van der Waals surface area contributed by atoms with Crippen LogP contribution >= 0.6 is 136 Å². The molecule has 1 rings (SSSR count). The predicted octanol–water partition coefficient (Wildman–Crippen LogP) is 6.52. The number of alkyl halides is 6. The fourth-order valence-electron chi connectivity index (χ4n) is 1.46. The third-order valence-electron chi connectivity index (χ3n) is 2.18. The first-order chi connectivity index (χ1) is 7.94. The Morgan fingerprint density at radius 3 is 1.89 bits per heavy atom. The van der Waals surface area contributed by atoms with Crippen molar-refractivity contribution >= 4 is 142 Å². The normalized spacial score (nSPS) is 12.6. The third-order valence-corrected chi connectivity index (χ3v) is 5.79. The van der Waals surface area contributed by atoms with Crippen LogP contribution in [-0.2, 0) is -1.13 Å². The van der Waals surface area contributed by atoms with Crippen molar-refractivity contribution in [2.24, 2.45) is 0 Å². The second-order valence-electron chi connectivity index (χ2n) is 3.52. The highest BCUT2D eigenvalue weighted by atomic mass is 127. The molecule has 0 spiro atoms. The molecule has 100 valence electrons. The number of carboxylic acids is 1. The molecule has 0 aliphatic heterocycles. The molecular weight excluding hydrogens is 914 g/mol. The summed E-state index contributed by atoms with van der Waals surface area (Å²) in [7, 11) is 0. The number of carbonyl (C=O) groups is 1. The minimum atomic E-state index is -0.857. The average molecular weight is 920 g/mol. The Hall–Kier alpha value is 3.07. The van der Waals surface area contributed by atoms with Crippen LogP contribution in [0.15, 0.2) is 12.1 Å². The molecule has 1 N–H and O–H groups in total. The van der Waals surface area contributed by atoms with Gasteiger partial charge in [-0.15, -0.1) is 0 Å². The van der Waals surface area contributed by atoms with Gasteiger partial charge < -0.3 is 5.11 Å². The van der Waals surface area contributed by atoms with Gasteiger partial charge in [-0.25, -0.2) is 4.79 Å². The molecule has 0 aliphatic carbocycles. The van der Waals surface area contributed by atoms with Crippen molar-refractivity contribution in [1.82, 2.24) is 0 Å². The molecule has 1 aromatic carbocycles. The zero-order valence-electron chi connectivity index (χ0n) is 8.78. The van der Waals surface area contributed by atoms with E-state index in [4.69, 9.17) is 0 Å². The van der Waals surface area contributed by atoms with Gasteiger partial charge in [-0.05, 0) is 160 Å². The largest absolute Gasteiger partial charge is 0.478 e. The number of hydrogen-bond acceptors (Lipinski definition) is 1. The first-order valence-corrected chi connectivity index (χ1v) is 10.9. The molecule has 0 unspecified atom stereocenters. The fraction of sp³-hybridized carbons (Fsp3) is 0.300. The maximum atomic E-state index is 11.4. The van der Waals surface area contributed by atoms with Crippen LogP contribution in [0.4, 0.5) is 0 Å². The van der Waals surface area contributed by atoms with Crippen molar-refractivity contribution in [3.05, 3.63) is 34.4 Å². The Morgan fingerprint density at radius 1 is 1.06 bits per heavy atom. The van der Waals surface area contributed by atoms with Crippen LogP contribution in [0, 0.1) is 6.92 Å². The van der Waals surface area contributed by atoms with Gasteiger partial charge in [0.2, 0.25) is 0 Å². The van der Waals surface area contributed by atoms with E-state index in [0.717, 1.165) is 16.7 Å². The summed E-state index contributed by atoms with van der Waals surface area (Å²) >= 11 is 13.9. The van der Waals surface area contributed by atoms with Crippen LogP contribution in [0.5, 0.6) is 0 Å². The van der Waals surface area contributed by atoms with E-state index >= 15 is 0 Å².